The van der Waals surface area contributed by atoms with E-state index in [1.54, 1.807) is 12.4 Å². The second-order valence-corrected chi connectivity index (χ2v) is 1.69. The number of nitrogens with two attached hydrogens (primary N) is 2. The predicted octanol–water partition coefficient (Wildman–Crippen LogP) is -0.322. The molecule has 0 rings (SSSR count). The molecule has 0 spiro atoms. The van der Waals surface area contributed by atoms with E-state index in [2.05, 4.69) is 0 Å². The van der Waals surface area contributed by atoms with Gasteiger partial charge in [-0.2, -0.15) is 0 Å². The molecule has 1 radical (unpaired) electrons. The summed E-state index contributed by atoms with van der Waals surface area (Å²) in [5.74, 6) is 0. The van der Waals surface area contributed by atoms with E-state index in [0.717, 1.165) is 12.8 Å². The first-order chi connectivity index (χ1) is 4.31. The van der Waals surface area contributed by atoms with Crippen LogP contribution in [0.4, 0.5) is 0 Å². The molecule has 0 amide bonds. The Morgan fingerprint density at radius 1 is 1.67 bits per heavy atom. The molecule has 0 heterocycles. The van der Waals surface area contributed by atoms with Gasteiger partial charge >= 0.3 is 0 Å². The lowest BCUT2D eigenvalue weighted by atomic mass is 10.3. The summed E-state index contributed by atoms with van der Waals surface area (Å²) in [6, 6.07) is 0. The zero-order valence-electron chi connectivity index (χ0n) is 5.26. The van der Waals surface area contributed by atoms with Crippen LogP contribution in [0.3, 0.4) is 0 Å². The Morgan fingerprint density at radius 3 is 2.78 bits per heavy atom. The van der Waals surface area contributed by atoms with Gasteiger partial charge in [0, 0.05) is 0 Å². The molecule has 51 valence electrons. The topological polar surface area (TPSA) is 69.1 Å². The Hall–Kier alpha value is -0.830. The van der Waals surface area contributed by atoms with Gasteiger partial charge in [0.05, 0.1) is 5.70 Å². The molecule has 0 aliphatic rings. The summed E-state index contributed by atoms with van der Waals surface area (Å²) >= 11 is 0. The molecule has 0 aromatic rings. The molecule has 9 heavy (non-hydrogen) atoms. The van der Waals surface area contributed by atoms with Crippen molar-refractivity contribution in [2.24, 2.45) is 11.5 Å². The van der Waals surface area contributed by atoms with E-state index in [0.29, 0.717) is 6.54 Å². The highest BCUT2D eigenvalue weighted by Gasteiger charge is 1.84. The Labute approximate surface area is 54.7 Å². The number of hydrogen-bond donors (Lipinski definition) is 2. The van der Waals surface area contributed by atoms with E-state index >= 15 is 0 Å². The van der Waals surface area contributed by atoms with Crippen molar-refractivity contribution in [3.05, 3.63) is 11.8 Å². The first kappa shape index (κ1) is 8.17. The standard InChI is InChI=1S/C6H11N2O/c7-4-2-1-3-6(8)5-9/h3H,1-2,4,7-8H2/b6-3-. The van der Waals surface area contributed by atoms with E-state index in [4.69, 9.17) is 11.5 Å². The van der Waals surface area contributed by atoms with E-state index in [9.17, 15) is 4.79 Å². The highest BCUT2D eigenvalue weighted by atomic mass is 16.1. The van der Waals surface area contributed by atoms with Crippen LogP contribution >= 0.6 is 0 Å². The Bertz CT molecular complexity index is 110. The van der Waals surface area contributed by atoms with Gasteiger partial charge in [0.15, 0.2) is 0 Å². The molecule has 0 aromatic heterocycles. The van der Waals surface area contributed by atoms with Crippen LogP contribution in [0.25, 0.3) is 0 Å². The fourth-order valence-corrected chi connectivity index (χ4v) is 0.417. The van der Waals surface area contributed by atoms with Gasteiger partial charge in [0.25, 0.3) is 0 Å². The molecule has 4 N–H and O–H groups in total. The molecule has 0 saturated heterocycles. The monoisotopic (exact) mass is 127 g/mol. The van der Waals surface area contributed by atoms with Gasteiger partial charge in [-0.05, 0) is 19.4 Å². The van der Waals surface area contributed by atoms with E-state index in [1.807, 2.05) is 0 Å². The van der Waals surface area contributed by atoms with Gasteiger partial charge in [-0.3, -0.25) is 4.79 Å². The molecule has 0 saturated carbocycles. The maximum Gasteiger partial charge on any atom is 0.250 e. The smallest absolute Gasteiger partial charge is 0.250 e. The summed E-state index contributed by atoms with van der Waals surface area (Å²) in [6.45, 7) is 0.628. The molecule has 0 aromatic carbocycles. The summed E-state index contributed by atoms with van der Waals surface area (Å²) < 4.78 is 0. The van der Waals surface area contributed by atoms with Crippen LogP contribution in [0.5, 0.6) is 0 Å². The van der Waals surface area contributed by atoms with Crippen LogP contribution in [0.2, 0.25) is 0 Å². The van der Waals surface area contributed by atoms with Gasteiger partial charge in [0.2, 0.25) is 6.29 Å². The highest BCUT2D eigenvalue weighted by Crippen LogP contribution is 1.88. The molecule has 0 atom stereocenters. The second-order valence-electron chi connectivity index (χ2n) is 1.69. The summed E-state index contributed by atoms with van der Waals surface area (Å²) in [5.41, 5.74) is 10.5. The lowest BCUT2D eigenvalue weighted by molar-refractivity contribution is 0.561. The number of carbonyl (C=O) groups excluding carboxylic acids is 1. The van der Waals surface area contributed by atoms with Crippen LogP contribution in [0.15, 0.2) is 11.8 Å². The minimum atomic E-state index is 0.170. The zero-order valence-corrected chi connectivity index (χ0v) is 5.26. The number of rotatable bonds is 4. The molecular weight excluding hydrogens is 116 g/mol. The van der Waals surface area contributed by atoms with Crippen molar-refractivity contribution in [2.75, 3.05) is 6.54 Å². The van der Waals surface area contributed by atoms with Gasteiger partial charge in [0.1, 0.15) is 0 Å². The van der Waals surface area contributed by atoms with Gasteiger partial charge in [-0.25, -0.2) is 0 Å². The Balaban J connectivity index is 3.31. The van der Waals surface area contributed by atoms with Crippen molar-refractivity contribution in [2.45, 2.75) is 12.8 Å². The van der Waals surface area contributed by atoms with E-state index in [1.165, 1.54) is 0 Å². The molecular formula is C6H11N2O. The third kappa shape index (κ3) is 5.03. The largest absolute Gasteiger partial charge is 0.396 e. The number of hydrogen-bond acceptors (Lipinski definition) is 3. The van der Waals surface area contributed by atoms with Crippen LogP contribution in [0, 0.1) is 0 Å². The minimum Gasteiger partial charge on any atom is -0.396 e. The first-order valence-electron chi connectivity index (χ1n) is 2.85. The summed E-state index contributed by atoms with van der Waals surface area (Å²) in [4.78, 5) is 9.75. The van der Waals surface area contributed by atoms with Crippen molar-refractivity contribution in [1.82, 2.24) is 0 Å². The lowest BCUT2D eigenvalue weighted by Crippen LogP contribution is -2.00. The molecule has 0 aliphatic carbocycles. The van der Waals surface area contributed by atoms with Gasteiger partial charge in [-0.15, -0.1) is 0 Å². The highest BCUT2D eigenvalue weighted by molar-refractivity contribution is 5.72. The molecule has 0 aliphatic heterocycles. The van der Waals surface area contributed by atoms with Crippen LogP contribution in [-0.4, -0.2) is 12.8 Å². The van der Waals surface area contributed by atoms with E-state index in [-0.39, 0.29) is 5.70 Å². The second kappa shape index (κ2) is 5.31. The molecule has 0 unspecified atom stereocenters. The lowest BCUT2D eigenvalue weighted by Gasteiger charge is -1.88. The minimum absolute atomic E-state index is 0.170. The molecule has 0 fully saturated rings. The molecule has 0 bridgehead atoms. The fourth-order valence-electron chi connectivity index (χ4n) is 0.417. The van der Waals surface area contributed by atoms with Crippen molar-refractivity contribution < 1.29 is 4.79 Å². The van der Waals surface area contributed by atoms with Crippen LogP contribution in [-0.2, 0) is 4.79 Å². The summed E-state index contributed by atoms with van der Waals surface area (Å²) in [7, 11) is 0. The summed E-state index contributed by atoms with van der Waals surface area (Å²) in [6.07, 6.45) is 4.82. The Kier molecular flexibility index (Phi) is 4.82. The van der Waals surface area contributed by atoms with Crippen LogP contribution < -0.4 is 11.5 Å². The van der Waals surface area contributed by atoms with E-state index < -0.39 is 0 Å². The van der Waals surface area contributed by atoms with Crippen LogP contribution in [0.1, 0.15) is 12.8 Å². The number of allylic oxidation sites excluding steroid dienone is 2. The normalized spacial score (nSPS) is 11.4. The summed E-state index contributed by atoms with van der Waals surface area (Å²) in [5, 5.41) is 0. The zero-order chi connectivity index (χ0) is 7.11. The SMILES string of the molecule is NCCC/C=C(\N)[C]=O. The average molecular weight is 127 g/mol. The van der Waals surface area contributed by atoms with Gasteiger partial charge in [-0.1, -0.05) is 6.08 Å². The fraction of sp³-hybridized carbons (Fsp3) is 0.500. The van der Waals surface area contributed by atoms with Crippen molar-refractivity contribution >= 4 is 6.29 Å². The quantitative estimate of drug-likeness (QED) is 0.401. The van der Waals surface area contributed by atoms with Crippen molar-refractivity contribution in [1.29, 1.82) is 0 Å². The third-order valence-electron chi connectivity index (χ3n) is 0.890. The maximum absolute atomic E-state index is 9.75. The average Bonchev–Trinajstić information content (AvgIpc) is 1.89. The first-order valence-corrected chi connectivity index (χ1v) is 2.85. The predicted molar refractivity (Wildman–Crippen MR) is 36.3 cm³/mol. The third-order valence-corrected chi connectivity index (χ3v) is 0.890. The van der Waals surface area contributed by atoms with Crippen molar-refractivity contribution in [3.63, 3.8) is 0 Å². The Morgan fingerprint density at radius 2 is 2.33 bits per heavy atom. The van der Waals surface area contributed by atoms with Gasteiger partial charge < -0.3 is 11.5 Å². The molecule has 3 heteroatoms. The maximum atomic E-state index is 9.75. The number of unbranched alkanes of at least 4 members (excludes halogenated alkanes) is 1. The molecule has 3 nitrogen and oxygen atoms in total. The van der Waals surface area contributed by atoms with Crippen molar-refractivity contribution in [3.8, 4) is 0 Å².